The van der Waals surface area contributed by atoms with Crippen molar-refractivity contribution in [1.82, 2.24) is 9.21 Å². The Morgan fingerprint density at radius 2 is 1.80 bits per heavy atom. The molecule has 0 radical (unpaired) electrons. The number of carbonyl (C=O) groups is 1. The topological polar surface area (TPSA) is 101 Å². The first kappa shape index (κ1) is 22.1. The van der Waals surface area contributed by atoms with E-state index < -0.39 is 14.9 Å². The summed E-state index contributed by atoms with van der Waals surface area (Å²) in [6.07, 6.45) is 3.18. The molecule has 0 unspecified atom stereocenters. The molecule has 0 aromatic heterocycles. The van der Waals surface area contributed by atoms with E-state index in [0.29, 0.717) is 5.56 Å². The standard InChI is InChI=1S/C20H20BrN3O5S/c1-15-6-8-17(24(26)27)14-19(15)30(28,29)23-12-10-22(11-13-23)20(25)9-7-16-4-2-3-5-18(16)21/h2-9,14H,10-13H2,1H3/b9-7+. The molecule has 1 aliphatic rings. The van der Waals surface area contributed by atoms with Gasteiger partial charge in [0, 0.05) is 48.9 Å². The van der Waals surface area contributed by atoms with Gasteiger partial charge in [-0.15, -0.1) is 0 Å². The molecule has 158 valence electrons. The van der Waals surface area contributed by atoms with Gasteiger partial charge in [0.15, 0.2) is 0 Å². The lowest BCUT2D eigenvalue weighted by atomic mass is 10.2. The first-order chi connectivity index (χ1) is 14.2. The van der Waals surface area contributed by atoms with Crippen LogP contribution in [0.1, 0.15) is 11.1 Å². The van der Waals surface area contributed by atoms with Crippen molar-refractivity contribution in [2.75, 3.05) is 26.2 Å². The minimum absolute atomic E-state index is 0.0784. The second kappa shape index (κ2) is 9.07. The van der Waals surface area contributed by atoms with E-state index >= 15 is 0 Å². The highest BCUT2D eigenvalue weighted by Gasteiger charge is 2.31. The molecule has 2 aromatic rings. The molecule has 10 heteroatoms. The van der Waals surface area contributed by atoms with Crippen LogP contribution in [0.3, 0.4) is 0 Å². The predicted molar refractivity (Wildman–Crippen MR) is 116 cm³/mol. The van der Waals surface area contributed by atoms with Crippen LogP contribution in [-0.4, -0.2) is 54.6 Å². The van der Waals surface area contributed by atoms with Crippen molar-refractivity contribution in [2.45, 2.75) is 11.8 Å². The number of sulfonamides is 1. The molecule has 0 atom stereocenters. The zero-order valence-corrected chi connectivity index (χ0v) is 18.6. The van der Waals surface area contributed by atoms with Crippen LogP contribution in [0.15, 0.2) is 57.9 Å². The molecular weight excluding hydrogens is 474 g/mol. The molecule has 1 fully saturated rings. The minimum atomic E-state index is -3.89. The SMILES string of the molecule is Cc1ccc([N+](=O)[O-])cc1S(=O)(=O)N1CCN(C(=O)/C=C/c2ccccc2Br)CC1. The molecule has 0 aliphatic carbocycles. The number of carbonyl (C=O) groups excluding carboxylic acids is 1. The normalized spacial score (nSPS) is 15.5. The Morgan fingerprint density at radius 1 is 1.13 bits per heavy atom. The predicted octanol–water partition coefficient (Wildman–Crippen LogP) is 3.21. The van der Waals surface area contributed by atoms with Crippen LogP contribution in [0.2, 0.25) is 0 Å². The van der Waals surface area contributed by atoms with Gasteiger partial charge >= 0.3 is 0 Å². The summed E-state index contributed by atoms with van der Waals surface area (Å²) in [5, 5.41) is 11.0. The van der Waals surface area contributed by atoms with Crippen molar-refractivity contribution in [3.63, 3.8) is 0 Å². The van der Waals surface area contributed by atoms with Crippen LogP contribution in [-0.2, 0) is 14.8 Å². The number of non-ortho nitro benzene ring substituents is 1. The molecule has 3 rings (SSSR count). The summed E-state index contributed by atoms with van der Waals surface area (Å²) >= 11 is 3.42. The van der Waals surface area contributed by atoms with Crippen LogP contribution < -0.4 is 0 Å². The number of piperazine rings is 1. The van der Waals surface area contributed by atoms with Gasteiger partial charge in [-0.2, -0.15) is 4.31 Å². The minimum Gasteiger partial charge on any atom is -0.337 e. The second-order valence-corrected chi connectivity index (χ2v) is 9.55. The van der Waals surface area contributed by atoms with Crippen LogP contribution in [0.4, 0.5) is 5.69 Å². The Kier molecular flexibility index (Phi) is 6.69. The molecule has 1 aliphatic heterocycles. The molecule has 30 heavy (non-hydrogen) atoms. The van der Waals surface area contributed by atoms with E-state index in [1.807, 2.05) is 24.3 Å². The summed E-state index contributed by atoms with van der Waals surface area (Å²) in [6, 6.07) is 11.3. The summed E-state index contributed by atoms with van der Waals surface area (Å²) in [6.45, 7) is 2.33. The molecule has 1 amide bonds. The van der Waals surface area contributed by atoms with Gasteiger partial charge < -0.3 is 4.90 Å². The summed E-state index contributed by atoms with van der Waals surface area (Å²) in [5.74, 6) is -0.200. The third-order valence-corrected chi connectivity index (χ3v) is 7.62. The number of aryl methyl sites for hydroxylation is 1. The molecule has 0 saturated carbocycles. The van der Waals surface area contributed by atoms with E-state index in [2.05, 4.69) is 15.9 Å². The highest BCUT2D eigenvalue weighted by molar-refractivity contribution is 9.10. The Labute approximate surface area is 183 Å². The van der Waals surface area contributed by atoms with Gasteiger partial charge in [-0.25, -0.2) is 8.42 Å². The third kappa shape index (κ3) is 4.77. The molecule has 1 saturated heterocycles. The van der Waals surface area contributed by atoms with E-state index in [9.17, 15) is 23.3 Å². The monoisotopic (exact) mass is 493 g/mol. The van der Waals surface area contributed by atoms with E-state index in [1.54, 1.807) is 17.9 Å². The van der Waals surface area contributed by atoms with Crippen LogP contribution in [0.5, 0.6) is 0 Å². The molecule has 0 bridgehead atoms. The largest absolute Gasteiger partial charge is 0.337 e. The van der Waals surface area contributed by atoms with Crippen LogP contribution in [0, 0.1) is 17.0 Å². The van der Waals surface area contributed by atoms with Crippen molar-refractivity contribution in [2.24, 2.45) is 0 Å². The number of nitro benzene ring substituents is 1. The Morgan fingerprint density at radius 3 is 2.43 bits per heavy atom. The maximum Gasteiger partial charge on any atom is 0.270 e. The van der Waals surface area contributed by atoms with Crippen molar-refractivity contribution in [1.29, 1.82) is 0 Å². The first-order valence-corrected chi connectivity index (χ1v) is 11.4. The molecule has 8 nitrogen and oxygen atoms in total. The maximum absolute atomic E-state index is 13.0. The zero-order valence-electron chi connectivity index (χ0n) is 16.2. The van der Waals surface area contributed by atoms with Gasteiger partial charge in [0.05, 0.1) is 9.82 Å². The van der Waals surface area contributed by atoms with Gasteiger partial charge in [-0.1, -0.05) is 40.2 Å². The third-order valence-electron chi connectivity index (χ3n) is 4.86. The summed E-state index contributed by atoms with van der Waals surface area (Å²) < 4.78 is 28.1. The lowest BCUT2D eigenvalue weighted by Crippen LogP contribution is -2.50. The van der Waals surface area contributed by atoms with Crippen molar-refractivity contribution in [3.8, 4) is 0 Å². The number of rotatable bonds is 5. The quantitative estimate of drug-likeness (QED) is 0.361. The number of nitrogens with zero attached hydrogens (tertiary/aromatic N) is 3. The van der Waals surface area contributed by atoms with E-state index in [-0.39, 0.29) is 42.7 Å². The fourth-order valence-electron chi connectivity index (χ4n) is 3.14. The fourth-order valence-corrected chi connectivity index (χ4v) is 5.23. The van der Waals surface area contributed by atoms with Gasteiger partial charge in [0.25, 0.3) is 5.69 Å². The maximum atomic E-state index is 13.0. The average molecular weight is 494 g/mol. The van der Waals surface area contributed by atoms with Gasteiger partial charge in [-0.05, 0) is 30.2 Å². The van der Waals surface area contributed by atoms with Crippen LogP contribution in [0.25, 0.3) is 6.08 Å². The Bertz CT molecular complexity index is 1110. The Hall–Kier alpha value is -2.56. The van der Waals surface area contributed by atoms with Gasteiger partial charge in [0.1, 0.15) is 0 Å². The van der Waals surface area contributed by atoms with Gasteiger partial charge in [0.2, 0.25) is 15.9 Å². The molecule has 0 spiro atoms. The fraction of sp³-hybridized carbons (Fsp3) is 0.250. The van der Waals surface area contributed by atoms with Crippen molar-refractivity contribution < 1.29 is 18.1 Å². The summed E-state index contributed by atoms with van der Waals surface area (Å²) in [7, 11) is -3.89. The number of halogens is 1. The number of nitro groups is 1. The lowest BCUT2D eigenvalue weighted by molar-refractivity contribution is -0.385. The van der Waals surface area contributed by atoms with Crippen LogP contribution >= 0.6 is 15.9 Å². The number of amides is 1. The average Bonchev–Trinajstić information content (AvgIpc) is 2.73. The van der Waals surface area contributed by atoms with Crippen molar-refractivity contribution in [3.05, 3.63) is 74.3 Å². The lowest BCUT2D eigenvalue weighted by Gasteiger charge is -2.33. The second-order valence-electron chi connectivity index (χ2n) is 6.79. The molecule has 0 N–H and O–H groups in total. The number of benzene rings is 2. The van der Waals surface area contributed by atoms with E-state index in [0.717, 1.165) is 16.1 Å². The number of hydrogen-bond donors (Lipinski definition) is 0. The van der Waals surface area contributed by atoms with E-state index in [1.165, 1.54) is 22.5 Å². The molecule has 2 aromatic carbocycles. The highest BCUT2D eigenvalue weighted by atomic mass is 79.9. The highest BCUT2D eigenvalue weighted by Crippen LogP contribution is 2.25. The summed E-state index contributed by atoms with van der Waals surface area (Å²) in [5.41, 5.74) is 1.04. The zero-order chi connectivity index (χ0) is 21.9. The first-order valence-electron chi connectivity index (χ1n) is 9.17. The van der Waals surface area contributed by atoms with Gasteiger partial charge in [-0.3, -0.25) is 14.9 Å². The summed E-state index contributed by atoms with van der Waals surface area (Å²) in [4.78, 5) is 24.4. The smallest absolute Gasteiger partial charge is 0.270 e. The molecule has 1 heterocycles. The molecular formula is C20H20BrN3O5S. The van der Waals surface area contributed by atoms with E-state index in [4.69, 9.17) is 0 Å². The Balaban J connectivity index is 1.69. The number of hydrogen-bond acceptors (Lipinski definition) is 5. The van der Waals surface area contributed by atoms with Crippen molar-refractivity contribution >= 4 is 43.6 Å².